The molecule has 0 aliphatic heterocycles. The van der Waals surface area contributed by atoms with Crippen LogP contribution in [0.3, 0.4) is 0 Å². The monoisotopic (exact) mass is 236 g/mol. The summed E-state index contributed by atoms with van der Waals surface area (Å²) in [5.74, 6) is 0. The molecule has 2 aromatic rings. The molecule has 1 atom stereocenters. The van der Waals surface area contributed by atoms with Gasteiger partial charge in [0.15, 0.2) is 0 Å². The van der Waals surface area contributed by atoms with Gasteiger partial charge in [-0.3, -0.25) is 4.68 Å². The minimum absolute atomic E-state index is 0.623. The summed E-state index contributed by atoms with van der Waals surface area (Å²) in [6.07, 6.45) is 1.01. The van der Waals surface area contributed by atoms with Gasteiger partial charge in [0.05, 0.1) is 6.20 Å². The molecule has 16 heavy (non-hydrogen) atoms. The number of hydrogen-bond acceptors (Lipinski definition) is 2. The van der Waals surface area contributed by atoms with Crippen molar-refractivity contribution in [3.05, 3.63) is 52.3 Å². The van der Waals surface area contributed by atoms with Crippen molar-refractivity contribution in [3.63, 3.8) is 0 Å². The zero-order valence-corrected chi connectivity index (χ0v) is 9.94. The normalized spacial score (nSPS) is 12.8. The topological polar surface area (TPSA) is 38.1 Å². The van der Waals surface area contributed by atoms with Crippen molar-refractivity contribution in [2.45, 2.75) is 13.0 Å². The van der Waals surface area contributed by atoms with Crippen LogP contribution in [0.5, 0.6) is 0 Å². The molecule has 3 nitrogen and oxygen atoms in total. The molecule has 2 rings (SSSR count). The average molecular weight is 237 g/mol. The van der Waals surface area contributed by atoms with Crippen molar-refractivity contribution in [2.75, 3.05) is 0 Å². The van der Waals surface area contributed by atoms with Crippen LogP contribution in [0.15, 0.2) is 30.5 Å². The Morgan fingerprint density at radius 1 is 1.44 bits per heavy atom. The van der Waals surface area contributed by atoms with Gasteiger partial charge in [-0.25, -0.2) is 0 Å². The summed E-state index contributed by atoms with van der Waals surface area (Å²) in [5, 5.41) is 14.9. The molecule has 0 aliphatic carbocycles. The molecule has 84 valence electrons. The van der Waals surface area contributed by atoms with Crippen molar-refractivity contribution < 1.29 is 5.11 Å². The van der Waals surface area contributed by atoms with Gasteiger partial charge in [0.2, 0.25) is 0 Å². The van der Waals surface area contributed by atoms with E-state index in [1.165, 1.54) is 0 Å². The van der Waals surface area contributed by atoms with E-state index in [1.54, 1.807) is 23.0 Å². The lowest BCUT2D eigenvalue weighted by molar-refractivity contribution is 0.219. The summed E-state index contributed by atoms with van der Waals surface area (Å²) in [4.78, 5) is 0. The number of rotatable bonds is 2. The van der Waals surface area contributed by atoms with Gasteiger partial charge in [-0.15, -0.1) is 0 Å². The standard InChI is InChI=1S/C12H13ClN2O/c1-8-11(7-14-15(8)2)12(16)9-4-3-5-10(13)6-9/h3-7,12,16H,1-2H3. The van der Waals surface area contributed by atoms with Crippen molar-refractivity contribution in [3.8, 4) is 0 Å². The van der Waals surface area contributed by atoms with E-state index in [4.69, 9.17) is 11.6 Å². The van der Waals surface area contributed by atoms with E-state index in [1.807, 2.05) is 26.1 Å². The molecular weight excluding hydrogens is 224 g/mol. The molecule has 1 aromatic carbocycles. The van der Waals surface area contributed by atoms with Gasteiger partial charge < -0.3 is 5.11 Å². The number of benzene rings is 1. The molecule has 1 N–H and O–H groups in total. The van der Waals surface area contributed by atoms with E-state index >= 15 is 0 Å². The number of aliphatic hydroxyl groups is 1. The molecule has 0 saturated carbocycles. The fraction of sp³-hybridized carbons (Fsp3) is 0.250. The molecule has 0 saturated heterocycles. The third kappa shape index (κ3) is 1.96. The van der Waals surface area contributed by atoms with E-state index < -0.39 is 6.10 Å². The van der Waals surface area contributed by atoms with Crippen LogP contribution in [0.4, 0.5) is 0 Å². The van der Waals surface area contributed by atoms with Gasteiger partial charge in [0, 0.05) is 23.3 Å². The maximum absolute atomic E-state index is 10.2. The predicted octanol–water partition coefficient (Wildman–Crippen LogP) is 2.46. The maximum atomic E-state index is 10.2. The largest absolute Gasteiger partial charge is 0.384 e. The highest BCUT2D eigenvalue weighted by molar-refractivity contribution is 6.30. The fourth-order valence-electron chi connectivity index (χ4n) is 1.64. The summed E-state index contributed by atoms with van der Waals surface area (Å²) in [7, 11) is 1.85. The molecule has 0 bridgehead atoms. The van der Waals surface area contributed by atoms with Crippen molar-refractivity contribution in [2.24, 2.45) is 7.05 Å². The minimum Gasteiger partial charge on any atom is -0.384 e. The Hall–Kier alpha value is -1.32. The number of aryl methyl sites for hydroxylation is 1. The number of halogens is 1. The first kappa shape index (κ1) is 11.2. The SMILES string of the molecule is Cc1c(C(O)c2cccc(Cl)c2)cnn1C. The second-order valence-corrected chi connectivity index (χ2v) is 4.20. The van der Waals surface area contributed by atoms with Crippen LogP contribution in [-0.4, -0.2) is 14.9 Å². The van der Waals surface area contributed by atoms with Gasteiger partial charge in [0.1, 0.15) is 6.10 Å². The van der Waals surface area contributed by atoms with Crippen LogP contribution in [0.25, 0.3) is 0 Å². The Labute approximate surface area is 99.3 Å². The molecule has 0 aliphatic rings. The summed E-state index contributed by atoms with van der Waals surface area (Å²) < 4.78 is 1.74. The number of hydrogen-bond donors (Lipinski definition) is 1. The third-order valence-corrected chi connectivity index (χ3v) is 2.97. The lowest BCUT2D eigenvalue weighted by Crippen LogP contribution is -2.01. The Balaban J connectivity index is 2.39. The summed E-state index contributed by atoms with van der Waals surface area (Å²) >= 11 is 5.89. The van der Waals surface area contributed by atoms with Gasteiger partial charge in [0.25, 0.3) is 0 Å². The first-order valence-corrected chi connectivity index (χ1v) is 5.39. The number of aromatic nitrogens is 2. The Morgan fingerprint density at radius 2 is 2.19 bits per heavy atom. The molecule has 1 unspecified atom stereocenters. The van der Waals surface area contributed by atoms with Crippen LogP contribution in [0.1, 0.15) is 22.9 Å². The molecule has 0 fully saturated rings. The van der Waals surface area contributed by atoms with Crippen molar-refractivity contribution in [1.82, 2.24) is 9.78 Å². The first-order valence-electron chi connectivity index (χ1n) is 5.01. The van der Waals surface area contributed by atoms with E-state index in [0.29, 0.717) is 5.02 Å². The van der Waals surface area contributed by atoms with Crippen molar-refractivity contribution in [1.29, 1.82) is 0 Å². The molecule has 0 amide bonds. The Morgan fingerprint density at radius 3 is 2.75 bits per heavy atom. The molecule has 0 radical (unpaired) electrons. The highest BCUT2D eigenvalue weighted by Crippen LogP contribution is 2.25. The lowest BCUT2D eigenvalue weighted by atomic mass is 10.0. The van der Waals surface area contributed by atoms with Gasteiger partial charge in [-0.05, 0) is 24.6 Å². The van der Waals surface area contributed by atoms with Gasteiger partial charge in [-0.2, -0.15) is 5.10 Å². The zero-order chi connectivity index (χ0) is 11.7. The third-order valence-electron chi connectivity index (χ3n) is 2.73. The van der Waals surface area contributed by atoms with E-state index in [2.05, 4.69) is 5.10 Å². The second kappa shape index (κ2) is 4.28. The highest BCUT2D eigenvalue weighted by Gasteiger charge is 2.15. The van der Waals surface area contributed by atoms with Crippen LogP contribution in [-0.2, 0) is 7.05 Å². The van der Waals surface area contributed by atoms with E-state index in [0.717, 1.165) is 16.8 Å². The van der Waals surface area contributed by atoms with E-state index in [9.17, 15) is 5.11 Å². The Kier molecular flexibility index (Phi) is 2.99. The van der Waals surface area contributed by atoms with Crippen LogP contribution in [0.2, 0.25) is 5.02 Å². The summed E-state index contributed by atoms with van der Waals surface area (Å²) in [6.45, 7) is 1.93. The second-order valence-electron chi connectivity index (χ2n) is 3.77. The van der Waals surface area contributed by atoms with Crippen molar-refractivity contribution >= 4 is 11.6 Å². The van der Waals surface area contributed by atoms with Crippen LogP contribution >= 0.6 is 11.6 Å². The summed E-state index contributed by atoms with van der Waals surface area (Å²) in [6, 6.07) is 7.22. The average Bonchev–Trinajstić information content (AvgIpc) is 2.59. The quantitative estimate of drug-likeness (QED) is 0.870. The molecule has 4 heteroatoms. The Bertz CT molecular complexity index is 507. The first-order chi connectivity index (χ1) is 7.59. The zero-order valence-electron chi connectivity index (χ0n) is 9.18. The molecule has 1 heterocycles. The number of nitrogens with zero attached hydrogens (tertiary/aromatic N) is 2. The maximum Gasteiger partial charge on any atom is 0.107 e. The molecular formula is C12H13ClN2O. The lowest BCUT2D eigenvalue weighted by Gasteiger charge is -2.10. The molecule has 1 aromatic heterocycles. The predicted molar refractivity (Wildman–Crippen MR) is 63.5 cm³/mol. The van der Waals surface area contributed by atoms with Crippen LogP contribution < -0.4 is 0 Å². The summed E-state index contributed by atoms with van der Waals surface area (Å²) in [5.41, 5.74) is 2.54. The van der Waals surface area contributed by atoms with Gasteiger partial charge >= 0.3 is 0 Å². The minimum atomic E-state index is -0.674. The smallest absolute Gasteiger partial charge is 0.107 e. The highest BCUT2D eigenvalue weighted by atomic mass is 35.5. The molecule has 0 spiro atoms. The number of aliphatic hydroxyl groups excluding tert-OH is 1. The van der Waals surface area contributed by atoms with E-state index in [-0.39, 0.29) is 0 Å². The van der Waals surface area contributed by atoms with Gasteiger partial charge in [-0.1, -0.05) is 23.7 Å². The fourth-order valence-corrected chi connectivity index (χ4v) is 1.84. The van der Waals surface area contributed by atoms with Crippen LogP contribution in [0, 0.1) is 6.92 Å².